The topological polar surface area (TPSA) is 54.4 Å². The average Bonchev–Trinajstić information content (AvgIpc) is 1.96. The number of carbonyl (C=O) groups is 2. The summed E-state index contributed by atoms with van der Waals surface area (Å²) >= 11 is 1.03. The van der Waals surface area contributed by atoms with Crippen molar-refractivity contribution in [2.45, 2.75) is 43.8 Å². The van der Waals surface area contributed by atoms with Gasteiger partial charge >= 0.3 is 5.97 Å². The molecule has 13 heavy (non-hydrogen) atoms. The van der Waals surface area contributed by atoms with Crippen LogP contribution in [0.4, 0.5) is 0 Å². The highest BCUT2D eigenvalue weighted by Gasteiger charge is 2.46. The van der Waals surface area contributed by atoms with E-state index in [1.54, 1.807) is 0 Å². The lowest BCUT2D eigenvalue weighted by Gasteiger charge is -2.35. The molecule has 1 aliphatic rings. The Hall–Kier alpha value is -0.510. The second-order valence-electron chi connectivity index (χ2n) is 3.38. The van der Waals surface area contributed by atoms with Gasteiger partial charge in [0.2, 0.25) is 0 Å². The summed E-state index contributed by atoms with van der Waals surface area (Å²) in [5.74, 6) is -0.826. The van der Waals surface area contributed by atoms with E-state index in [9.17, 15) is 9.59 Å². The Labute approximate surface area is 81.9 Å². The molecular formula is C9H14O3S. The van der Waals surface area contributed by atoms with E-state index in [-0.39, 0.29) is 5.12 Å². The van der Waals surface area contributed by atoms with Crippen molar-refractivity contribution < 1.29 is 14.7 Å². The highest BCUT2D eigenvalue weighted by molar-refractivity contribution is 8.15. The van der Waals surface area contributed by atoms with Crippen LogP contribution in [0.5, 0.6) is 0 Å². The molecular weight excluding hydrogens is 188 g/mol. The molecule has 1 aliphatic carbocycles. The zero-order chi connectivity index (χ0) is 9.90. The molecule has 0 aliphatic heterocycles. The first kappa shape index (κ1) is 10.6. The minimum absolute atomic E-state index is 0.0181. The van der Waals surface area contributed by atoms with Crippen molar-refractivity contribution in [3.05, 3.63) is 0 Å². The number of carboxylic acids is 1. The van der Waals surface area contributed by atoms with Gasteiger partial charge in [-0.2, -0.15) is 0 Å². The number of carbonyl (C=O) groups excluding carboxylic acids is 1. The standard InChI is InChI=1S/C9H14O3S/c1-2-4-7(10)13-9(8(11)12)5-3-6-9/h2-6H2,1H3,(H,11,12). The predicted octanol–water partition coefficient (Wildman–Crippen LogP) is 2.05. The minimum atomic E-state index is -0.826. The Morgan fingerprint density at radius 3 is 2.38 bits per heavy atom. The quantitative estimate of drug-likeness (QED) is 0.758. The molecule has 1 N–H and O–H groups in total. The van der Waals surface area contributed by atoms with E-state index in [1.165, 1.54) is 0 Å². The average molecular weight is 202 g/mol. The highest BCUT2D eigenvalue weighted by Crippen LogP contribution is 2.45. The van der Waals surface area contributed by atoms with Crippen LogP contribution in [0.15, 0.2) is 0 Å². The largest absolute Gasteiger partial charge is 0.480 e. The van der Waals surface area contributed by atoms with Gasteiger partial charge in [-0.3, -0.25) is 9.59 Å². The molecule has 0 bridgehead atoms. The first-order chi connectivity index (χ1) is 6.10. The zero-order valence-electron chi connectivity index (χ0n) is 7.71. The molecule has 0 radical (unpaired) electrons. The highest BCUT2D eigenvalue weighted by atomic mass is 32.2. The second-order valence-corrected chi connectivity index (χ2v) is 4.82. The van der Waals surface area contributed by atoms with Crippen LogP contribution in [-0.2, 0) is 9.59 Å². The van der Waals surface area contributed by atoms with Crippen LogP contribution in [0, 0.1) is 0 Å². The Morgan fingerprint density at radius 1 is 1.46 bits per heavy atom. The van der Waals surface area contributed by atoms with Crippen molar-refractivity contribution in [2.24, 2.45) is 0 Å². The van der Waals surface area contributed by atoms with E-state index in [0.29, 0.717) is 19.3 Å². The monoisotopic (exact) mass is 202 g/mol. The van der Waals surface area contributed by atoms with Crippen molar-refractivity contribution in [3.8, 4) is 0 Å². The summed E-state index contributed by atoms with van der Waals surface area (Å²) < 4.78 is -0.772. The van der Waals surface area contributed by atoms with Gasteiger partial charge in [-0.25, -0.2) is 0 Å². The third-order valence-electron chi connectivity index (χ3n) is 2.31. The summed E-state index contributed by atoms with van der Waals surface area (Å²) in [6.07, 6.45) is 3.49. The van der Waals surface area contributed by atoms with Crippen LogP contribution in [0.2, 0.25) is 0 Å². The van der Waals surface area contributed by atoms with E-state index in [1.807, 2.05) is 6.92 Å². The number of carboxylic acid groups (broad SMARTS) is 1. The van der Waals surface area contributed by atoms with Gasteiger partial charge in [0, 0.05) is 6.42 Å². The third kappa shape index (κ3) is 2.24. The maximum absolute atomic E-state index is 11.3. The lowest BCUT2D eigenvalue weighted by atomic mass is 9.84. The summed E-state index contributed by atoms with van der Waals surface area (Å²) in [7, 11) is 0. The third-order valence-corrected chi connectivity index (χ3v) is 3.72. The number of hydrogen-bond acceptors (Lipinski definition) is 3. The maximum Gasteiger partial charge on any atom is 0.320 e. The van der Waals surface area contributed by atoms with Gasteiger partial charge in [0.1, 0.15) is 4.75 Å². The molecule has 0 spiro atoms. The summed E-state index contributed by atoms with van der Waals surface area (Å²) in [5.41, 5.74) is 0. The molecule has 1 saturated carbocycles. The van der Waals surface area contributed by atoms with E-state index in [2.05, 4.69) is 0 Å². The van der Waals surface area contributed by atoms with Crippen LogP contribution in [0.1, 0.15) is 39.0 Å². The Kier molecular flexibility index (Phi) is 3.36. The fraction of sp³-hybridized carbons (Fsp3) is 0.778. The molecule has 0 saturated heterocycles. The molecule has 1 fully saturated rings. The van der Waals surface area contributed by atoms with Crippen LogP contribution >= 0.6 is 11.8 Å². The van der Waals surface area contributed by atoms with Gasteiger partial charge in [0.15, 0.2) is 5.12 Å². The molecule has 1 rings (SSSR count). The van der Waals surface area contributed by atoms with Gasteiger partial charge in [-0.05, 0) is 25.7 Å². The first-order valence-electron chi connectivity index (χ1n) is 4.56. The maximum atomic E-state index is 11.3. The number of hydrogen-bond donors (Lipinski definition) is 1. The Balaban J connectivity index is 2.49. The van der Waals surface area contributed by atoms with Gasteiger partial charge in [-0.1, -0.05) is 18.7 Å². The van der Waals surface area contributed by atoms with E-state index in [0.717, 1.165) is 24.6 Å². The van der Waals surface area contributed by atoms with Crippen molar-refractivity contribution >= 4 is 22.8 Å². The first-order valence-corrected chi connectivity index (χ1v) is 5.37. The fourth-order valence-corrected chi connectivity index (χ4v) is 2.65. The van der Waals surface area contributed by atoms with Crippen LogP contribution in [0.25, 0.3) is 0 Å². The zero-order valence-corrected chi connectivity index (χ0v) is 8.52. The van der Waals surface area contributed by atoms with E-state index < -0.39 is 10.7 Å². The summed E-state index contributed by atoms with van der Waals surface area (Å²) in [4.78, 5) is 22.1. The normalized spacial score (nSPS) is 19.2. The van der Waals surface area contributed by atoms with Crippen LogP contribution in [0.3, 0.4) is 0 Å². The molecule has 74 valence electrons. The molecule has 0 heterocycles. The van der Waals surface area contributed by atoms with Crippen LogP contribution < -0.4 is 0 Å². The molecule has 0 amide bonds. The molecule has 3 nitrogen and oxygen atoms in total. The summed E-state index contributed by atoms with van der Waals surface area (Å²) in [5, 5.41) is 8.95. The predicted molar refractivity (Wildman–Crippen MR) is 51.7 cm³/mol. The molecule has 0 aromatic rings. The molecule has 0 atom stereocenters. The van der Waals surface area contributed by atoms with Gasteiger partial charge in [0.25, 0.3) is 0 Å². The molecule has 0 aromatic heterocycles. The SMILES string of the molecule is CCCC(=O)SC1(C(=O)O)CCC1. The van der Waals surface area contributed by atoms with Crippen molar-refractivity contribution in [3.63, 3.8) is 0 Å². The summed E-state index contributed by atoms with van der Waals surface area (Å²) in [6.45, 7) is 1.92. The fourth-order valence-electron chi connectivity index (χ4n) is 1.33. The molecule has 4 heteroatoms. The van der Waals surface area contributed by atoms with Gasteiger partial charge < -0.3 is 5.11 Å². The number of rotatable bonds is 4. The van der Waals surface area contributed by atoms with E-state index >= 15 is 0 Å². The van der Waals surface area contributed by atoms with Crippen molar-refractivity contribution in [1.29, 1.82) is 0 Å². The van der Waals surface area contributed by atoms with Gasteiger partial charge in [0.05, 0.1) is 0 Å². The number of aliphatic carboxylic acids is 1. The Morgan fingerprint density at radius 2 is 2.08 bits per heavy atom. The van der Waals surface area contributed by atoms with E-state index in [4.69, 9.17) is 5.11 Å². The molecule has 0 aromatic carbocycles. The van der Waals surface area contributed by atoms with Crippen molar-refractivity contribution in [1.82, 2.24) is 0 Å². The number of thioether (sulfide) groups is 1. The smallest absolute Gasteiger partial charge is 0.320 e. The lowest BCUT2D eigenvalue weighted by molar-refractivity contribution is -0.142. The van der Waals surface area contributed by atoms with Crippen LogP contribution in [-0.4, -0.2) is 20.9 Å². The second kappa shape index (κ2) is 4.13. The molecule has 0 unspecified atom stereocenters. The van der Waals surface area contributed by atoms with Gasteiger partial charge in [-0.15, -0.1) is 0 Å². The Bertz CT molecular complexity index is 221. The minimum Gasteiger partial charge on any atom is -0.480 e. The lowest BCUT2D eigenvalue weighted by Crippen LogP contribution is -2.42. The van der Waals surface area contributed by atoms with Crippen molar-refractivity contribution in [2.75, 3.05) is 0 Å². The summed E-state index contributed by atoms with van der Waals surface area (Å²) in [6, 6.07) is 0.